The van der Waals surface area contributed by atoms with Gasteiger partial charge in [-0.05, 0) is 36.4 Å². The first-order valence-corrected chi connectivity index (χ1v) is 8.33. The Balaban J connectivity index is 2.36. The van der Waals surface area contributed by atoms with E-state index >= 15 is 0 Å². The second-order valence-corrected chi connectivity index (χ2v) is 6.62. The Morgan fingerprint density at radius 2 is 1.80 bits per heavy atom. The third kappa shape index (κ3) is 4.43. The molecule has 0 aliphatic rings. The number of ether oxygens (including phenoxy) is 1. The molecule has 0 bridgehead atoms. The maximum absolute atomic E-state index is 12.7. The van der Waals surface area contributed by atoms with Crippen LogP contribution in [-0.4, -0.2) is 21.5 Å². The summed E-state index contributed by atoms with van der Waals surface area (Å²) >= 11 is 5.84. The van der Waals surface area contributed by atoms with Crippen molar-refractivity contribution in [1.82, 2.24) is 0 Å². The lowest BCUT2D eigenvalue weighted by atomic mass is 10.2. The van der Waals surface area contributed by atoms with Gasteiger partial charge in [-0.3, -0.25) is 0 Å². The van der Waals surface area contributed by atoms with Crippen LogP contribution in [0.2, 0.25) is 5.02 Å². The minimum absolute atomic E-state index is 0.00511. The fraction of sp³-hybridized carbons (Fsp3) is 0.133. The summed E-state index contributed by atoms with van der Waals surface area (Å²) in [4.78, 5) is 10.9. The molecular weight excluding hydrogens is 385 g/mol. The molecule has 0 heterocycles. The van der Waals surface area contributed by atoms with E-state index in [0.29, 0.717) is 6.07 Å². The number of benzene rings is 2. The van der Waals surface area contributed by atoms with Crippen molar-refractivity contribution in [3.63, 3.8) is 0 Å². The lowest BCUT2D eigenvalue weighted by molar-refractivity contribution is -0.137. The molecule has 25 heavy (non-hydrogen) atoms. The van der Waals surface area contributed by atoms with Crippen LogP contribution < -0.4 is 4.18 Å². The van der Waals surface area contributed by atoms with Crippen LogP contribution in [0.3, 0.4) is 0 Å². The zero-order valence-electron chi connectivity index (χ0n) is 12.5. The lowest BCUT2D eigenvalue weighted by Gasteiger charge is -2.11. The molecule has 0 radical (unpaired) electrons. The van der Waals surface area contributed by atoms with Gasteiger partial charge in [-0.1, -0.05) is 17.7 Å². The summed E-state index contributed by atoms with van der Waals surface area (Å²) in [6.45, 7) is 0. The molecule has 0 amide bonds. The largest absolute Gasteiger partial charge is 0.465 e. The van der Waals surface area contributed by atoms with E-state index in [4.69, 9.17) is 15.8 Å². The molecular formula is C15H10ClF3O5S. The molecule has 0 saturated carbocycles. The zero-order chi connectivity index (χ0) is 18.8. The van der Waals surface area contributed by atoms with Crippen molar-refractivity contribution in [2.75, 3.05) is 7.11 Å². The SMILES string of the molecule is COC(=O)c1ccc(S(=O)(=O)Oc2cccc(C(F)(F)F)c2)c(Cl)c1. The first-order valence-electron chi connectivity index (χ1n) is 6.54. The number of methoxy groups -OCH3 is 1. The summed E-state index contributed by atoms with van der Waals surface area (Å²) in [5.74, 6) is -1.26. The van der Waals surface area contributed by atoms with Crippen molar-refractivity contribution in [2.45, 2.75) is 11.1 Å². The van der Waals surface area contributed by atoms with Crippen molar-refractivity contribution in [1.29, 1.82) is 0 Å². The van der Waals surface area contributed by atoms with Crippen LogP contribution in [-0.2, 0) is 21.0 Å². The van der Waals surface area contributed by atoms with Crippen molar-refractivity contribution in [3.8, 4) is 5.75 Å². The summed E-state index contributed by atoms with van der Waals surface area (Å²) in [6.07, 6.45) is -4.65. The summed E-state index contributed by atoms with van der Waals surface area (Å²) in [7, 11) is -3.37. The molecule has 134 valence electrons. The average molecular weight is 395 g/mol. The highest BCUT2D eigenvalue weighted by Gasteiger charge is 2.31. The van der Waals surface area contributed by atoms with Gasteiger partial charge in [0, 0.05) is 0 Å². The summed E-state index contributed by atoms with van der Waals surface area (Å²) in [6, 6.07) is 6.58. The molecule has 5 nitrogen and oxygen atoms in total. The minimum atomic E-state index is -4.65. The Morgan fingerprint density at radius 3 is 2.36 bits per heavy atom. The van der Waals surface area contributed by atoms with E-state index in [0.717, 1.165) is 43.5 Å². The van der Waals surface area contributed by atoms with E-state index in [-0.39, 0.29) is 10.6 Å². The molecule has 2 aromatic rings. The van der Waals surface area contributed by atoms with Crippen molar-refractivity contribution in [2.24, 2.45) is 0 Å². The molecule has 0 N–H and O–H groups in total. The Labute approximate surface area is 146 Å². The number of alkyl halides is 3. The number of carbonyl (C=O) groups is 1. The Kier molecular flexibility index (Phi) is 5.28. The van der Waals surface area contributed by atoms with Gasteiger partial charge in [-0.2, -0.15) is 21.6 Å². The van der Waals surface area contributed by atoms with Gasteiger partial charge in [0.2, 0.25) is 0 Å². The highest BCUT2D eigenvalue weighted by atomic mass is 35.5. The van der Waals surface area contributed by atoms with Gasteiger partial charge in [0.05, 0.1) is 23.3 Å². The van der Waals surface area contributed by atoms with E-state index in [1.807, 2.05) is 0 Å². The van der Waals surface area contributed by atoms with Gasteiger partial charge in [-0.25, -0.2) is 4.79 Å². The van der Waals surface area contributed by atoms with Gasteiger partial charge in [-0.15, -0.1) is 0 Å². The van der Waals surface area contributed by atoms with Crippen LogP contribution in [0.4, 0.5) is 13.2 Å². The van der Waals surface area contributed by atoms with Crippen molar-refractivity contribution >= 4 is 27.7 Å². The van der Waals surface area contributed by atoms with E-state index in [1.54, 1.807) is 0 Å². The van der Waals surface area contributed by atoms with Gasteiger partial charge < -0.3 is 8.92 Å². The average Bonchev–Trinajstić information content (AvgIpc) is 2.52. The Hall–Kier alpha value is -2.26. The van der Waals surface area contributed by atoms with Gasteiger partial charge in [0.15, 0.2) is 0 Å². The quantitative estimate of drug-likeness (QED) is 0.581. The monoisotopic (exact) mass is 394 g/mol. The molecule has 0 aliphatic heterocycles. The van der Waals surface area contributed by atoms with Crippen LogP contribution in [0.5, 0.6) is 5.75 Å². The van der Waals surface area contributed by atoms with Gasteiger partial charge >= 0.3 is 22.3 Å². The van der Waals surface area contributed by atoms with Crippen LogP contribution in [0.25, 0.3) is 0 Å². The third-order valence-electron chi connectivity index (χ3n) is 2.99. The number of halogens is 4. The standard InChI is InChI=1S/C15H10ClF3O5S/c1-23-14(20)9-5-6-13(12(16)7-9)25(21,22)24-11-4-2-3-10(8-11)15(17,18)19/h2-8H,1H3. The van der Waals surface area contributed by atoms with Crippen LogP contribution in [0, 0.1) is 0 Å². The summed E-state index contributed by atoms with van der Waals surface area (Å²) in [5, 5.41) is -0.338. The molecule has 0 fully saturated rings. The maximum Gasteiger partial charge on any atom is 0.416 e. The smallest absolute Gasteiger partial charge is 0.416 e. The van der Waals surface area contributed by atoms with Gasteiger partial charge in [0.1, 0.15) is 10.6 Å². The highest BCUT2D eigenvalue weighted by Crippen LogP contribution is 2.33. The predicted octanol–water partition coefficient (Wildman–Crippen LogP) is 3.91. The Morgan fingerprint density at radius 1 is 1.12 bits per heavy atom. The topological polar surface area (TPSA) is 69.7 Å². The molecule has 0 spiro atoms. The maximum atomic E-state index is 12.7. The molecule has 0 atom stereocenters. The second kappa shape index (κ2) is 6.93. The van der Waals surface area contributed by atoms with Gasteiger partial charge in [0.25, 0.3) is 0 Å². The zero-order valence-corrected chi connectivity index (χ0v) is 14.1. The van der Waals surface area contributed by atoms with E-state index in [1.165, 1.54) is 0 Å². The minimum Gasteiger partial charge on any atom is -0.465 e. The molecule has 0 unspecified atom stereocenters. The third-order valence-corrected chi connectivity index (χ3v) is 4.72. The number of rotatable bonds is 4. The fourth-order valence-electron chi connectivity index (χ4n) is 1.84. The van der Waals surface area contributed by atoms with Crippen molar-refractivity contribution in [3.05, 3.63) is 58.6 Å². The predicted molar refractivity (Wildman–Crippen MR) is 82.0 cm³/mol. The lowest BCUT2D eigenvalue weighted by Crippen LogP contribution is -2.12. The molecule has 0 aromatic heterocycles. The first-order chi connectivity index (χ1) is 11.5. The van der Waals surface area contributed by atoms with Crippen LogP contribution >= 0.6 is 11.6 Å². The molecule has 0 saturated heterocycles. The van der Waals surface area contributed by atoms with E-state index < -0.39 is 38.5 Å². The number of esters is 1. The molecule has 10 heteroatoms. The molecule has 2 rings (SSSR count). The second-order valence-electron chi connectivity index (χ2n) is 4.70. The highest BCUT2D eigenvalue weighted by molar-refractivity contribution is 7.87. The molecule has 0 aliphatic carbocycles. The fourth-order valence-corrected chi connectivity index (χ4v) is 3.29. The van der Waals surface area contributed by atoms with Crippen molar-refractivity contribution < 1.29 is 35.3 Å². The number of carbonyl (C=O) groups excluding carboxylic acids is 1. The summed E-state index contributed by atoms with van der Waals surface area (Å²) in [5.41, 5.74) is -1.06. The number of hydrogen-bond donors (Lipinski definition) is 0. The molecule has 2 aromatic carbocycles. The summed E-state index contributed by atoms with van der Waals surface area (Å²) < 4.78 is 71.7. The Bertz CT molecular complexity index is 910. The normalized spacial score (nSPS) is 11.9. The van der Waals surface area contributed by atoms with E-state index in [9.17, 15) is 26.4 Å². The first kappa shape index (κ1) is 19.1. The van der Waals surface area contributed by atoms with Crippen LogP contribution in [0.1, 0.15) is 15.9 Å². The number of hydrogen-bond acceptors (Lipinski definition) is 5. The van der Waals surface area contributed by atoms with E-state index in [2.05, 4.69) is 4.74 Å². The van der Waals surface area contributed by atoms with Crippen LogP contribution in [0.15, 0.2) is 47.4 Å².